The van der Waals surface area contributed by atoms with E-state index in [4.69, 9.17) is 0 Å². The van der Waals surface area contributed by atoms with Crippen molar-refractivity contribution in [2.24, 2.45) is 0 Å². The van der Waals surface area contributed by atoms with Crippen LogP contribution in [0.15, 0.2) is 24.3 Å². The van der Waals surface area contributed by atoms with Crippen molar-refractivity contribution in [3.8, 4) is 0 Å². The minimum Gasteiger partial charge on any atom is -0.385 e. The fourth-order valence-electron chi connectivity index (χ4n) is 1.56. The third kappa shape index (κ3) is 1.04. The summed E-state index contributed by atoms with van der Waals surface area (Å²) in [6, 6.07) is 8.02. The van der Waals surface area contributed by atoms with Crippen LogP contribution in [0.2, 0.25) is 0 Å². The molecule has 0 radical (unpaired) electrons. The van der Waals surface area contributed by atoms with Crippen molar-refractivity contribution in [3.05, 3.63) is 35.4 Å². The third-order valence-corrected chi connectivity index (χ3v) is 2.13. The SMILES string of the molecule is CC1(O)Cc2ccccc21.N. The molecule has 0 saturated carbocycles. The Hall–Kier alpha value is -0.860. The van der Waals surface area contributed by atoms with Crippen LogP contribution >= 0.6 is 0 Å². The Morgan fingerprint density at radius 1 is 1.36 bits per heavy atom. The van der Waals surface area contributed by atoms with Crippen LogP contribution in [-0.4, -0.2) is 5.11 Å². The molecule has 11 heavy (non-hydrogen) atoms. The Kier molecular flexibility index (Phi) is 1.74. The zero-order chi connectivity index (χ0) is 7.19. The van der Waals surface area contributed by atoms with Crippen LogP contribution in [0.4, 0.5) is 0 Å². The van der Waals surface area contributed by atoms with Gasteiger partial charge in [0.2, 0.25) is 0 Å². The van der Waals surface area contributed by atoms with Crippen molar-refractivity contribution in [2.75, 3.05) is 0 Å². The largest absolute Gasteiger partial charge is 0.385 e. The fourth-order valence-corrected chi connectivity index (χ4v) is 1.56. The van der Waals surface area contributed by atoms with Gasteiger partial charge < -0.3 is 11.3 Å². The molecule has 1 aromatic carbocycles. The molecule has 1 aliphatic carbocycles. The average molecular weight is 151 g/mol. The first-order valence-electron chi connectivity index (χ1n) is 3.51. The highest BCUT2D eigenvalue weighted by atomic mass is 16.3. The van der Waals surface area contributed by atoms with Gasteiger partial charge in [0.1, 0.15) is 0 Å². The monoisotopic (exact) mass is 151 g/mol. The highest BCUT2D eigenvalue weighted by Crippen LogP contribution is 2.37. The van der Waals surface area contributed by atoms with Crippen molar-refractivity contribution in [1.29, 1.82) is 0 Å². The van der Waals surface area contributed by atoms with Gasteiger partial charge in [-0.25, -0.2) is 0 Å². The minimum absolute atomic E-state index is 0. The molecule has 0 spiro atoms. The first-order chi connectivity index (χ1) is 4.70. The van der Waals surface area contributed by atoms with Crippen LogP contribution in [0.1, 0.15) is 18.1 Å². The van der Waals surface area contributed by atoms with Gasteiger partial charge in [-0.3, -0.25) is 0 Å². The van der Waals surface area contributed by atoms with Crippen LogP contribution in [0, 0.1) is 0 Å². The summed E-state index contributed by atoms with van der Waals surface area (Å²) < 4.78 is 0. The summed E-state index contributed by atoms with van der Waals surface area (Å²) in [7, 11) is 0. The lowest BCUT2D eigenvalue weighted by Crippen LogP contribution is -2.34. The molecule has 1 unspecified atom stereocenters. The smallest absolute Gasteiger partial charge is 0.0911 e. The summed E-state index contributed by atoms with van der Waals surface area (Å²) in [6.45, 7) is 1.86. The third-order valence-electron chi connectivity index (χ3n) is 2.13. The molecule has 1 aromatic rings. The Bertz CT molecular complexity index is 268. The molecule has 60 valence electrons. The lowest BCUT2D eigenvalue weighted by atomic mass is 9.75. The zero-order valence-electron chi connectivity index (χ0n) is 6.67. The predicted molar refractivity (Wildman–Crippen MR) is 44.7 cm³/mol. The first-order valence-corrected chi connectivity index (χ1v) is 3.51. The molecule has 2 nitrogen and oxygen atoms in total. The molecule has 0 saturated heterocycles. The van der Waals surface area contributed by atoms with Gasteiger partial charge in [0, 0.05) is 6.42 Å². The van der Waals surface area contributed by atoms with E-state index >= 15 is 0 Å². The maximum Gasteiger partial charge on any atom is 0.0911 e. The number of fused-ring (bicyclic) bond motifs is 1. The van der Waals surface area contributed by atoms with Gasteiger partial charge in [-0.05, 0) is 18.1 Å². The molecule has 0 fully saturated rings. The van der Waals surface area contributed by atoms with Gasteiger partial charge in [0.05, 0.1) is 5.60 Å². The molecule has 0 bridgehead atoms. The zero-order valence-corrected chi connectivity index (χ0v) is 6.67. The molecule has 2 rings (SSSR count). The lowest BCUT2D eigenvalue weighted by molar-refractivity contribution is 0.0329. The summed E-state index contributed by atoms with van der Waals surface area (Å²) in [5, 5.41) is 9.57. The second-order valence-electron chi connectivity index (χ2n) is 3.11. The number of hydrogen-bond donors (Lipinski definition) is 2. The van der Waals surface area contributed by atoms with E-state index in [0.29, 0.717) is 0 Å². The average Bonchev–Trinajstić information content (AvgIpc) is 1.86. The first kappa shape index (κ1) is 8.24. The van der Waals surface area contributed by atoms with E-state index in [-0.39, 0.29) is 6.15 Å². The van der Waals surface area contributed by atoms with Gasteiger partial charge in [-0.1, -0.05) is 24.3 Å². The van der Waals surface area contributed by atoms with Gasteiger partial charge in [-0.2, -0.15) is 0 Å². The van der Waals surface area contributed by atoms with Crippen molar-refractivity contribution >= 4 is 0 Å². The summed E-state index contributed by atoms with van der Waals surface area (Å²) >= 11 is 0. The normalized spacial score (nSPS) is 26.4. The van der Waals surface area contributed by atoms with E-state index in [1.807, 2.05) is 25.1 Å². The topological polar surface area (TPSA) is 55.2 Å². The highest BCUT2D eigenvalue weighted by molar-refractivity contribution is 5.41. The molecular weight excluding hydrogens is 138 g/mol. The van der Waals surface area contributed by atoms with Crippen LogP contribution in [0.25, 0.3) is 0 Å². The van der Waals surface area contributed by atoms with Gasteiger partial charge in [0.15, 0.2) is 0 Å². The molecule has 1 atom stereocenters. The second kappa shape index (κ2) is 2.32. The molecule has 0 heterocycles. The molecule has 4 N–H and O–H groups in total. The number of rotatable bonds is 0. The van der Waals surface area contributed by atoms with Crippen molar-refractivity contribution in [3.63, 3.8) is 0 Å². The van der Waals surface area contributed by atoms with E-state index in [1.165, 1.54) is 5.56 Å². The van der Waals surface area contributed by atoms with Gasteiger partial charge >= 0.3 is 0 Å². The Morgan fingerprint density at radius 3 is 2.45 bits per heavy atom. The number of benzene rings is 1. The van der Waals surface area contributed by atoms with Crippen molar-refractivity contribution in [1.82, 2.24) is 6.15 Å². The molecular formula is C9H13NO. The lowest BCUT2D eigenvalue weighted by Gasteiger charge is -2.35. The minimum atomic E-state index is -0.545. The Labute approximate surface area is 66.5 Å². The summed E-state index contributed by atoms with van der Waals surface area (Å²) in [5.74, 6) is 0. The maximum absolute atomic E-state index is 9.57. The van der Waals surface area contributed by atoms with E-state index in [2.05, 4.69) is 6.07 Å². The number of hydrogen-bond acceptors (Lipinski definition) is 2. The Balaban J connectivity index is 0.000000605. The number of aliphatic hydroxyl groups is 1. The molecule has 0 aliphatic heterocycles. The molecule has 2 heteroatoms. The summed E-state index contributed by atoms with van der Waals surface area (Å²) in [6.07, 6.45) is 0.809. The highest BCUT2D eigenvalue weighted by Gasteiger charge is 2.35. The predicted octanol–water partition coefficient (Wildman–Crippen LogP) is 1.61. The Morgan fingerprint density at radius 2 is 2.00 bits per heavy atom. The van der Waals surface area contributed by atoms with Crippen LogP contribution in [0.5, 0.6) is 0 Å². The quantitative estimate of drug-likeness (QED) is 0.592. The van der Waals surface area contributed by atoms with Crippen LogP contribution < -0.4 is 6.15 Å². The van der Waals surface area contributed by atoms with E-state index in [1.54, 1.807) is 0 Å². The molecule has 0 aromatic heterocycles. The van der Waals surface area contributed by atoms with Gasteiger partial charge in [-0.15, -0.1) is 0 Å². The standard InChI is InChI=1S/C9H10O.H3N/c1-9(10)6-7-4-2-3-5-8(7)9;/h2-5,10H,6H2,1H3;1H3. The van der Waals surface area contributed by atoms with Crippen LogP contribution in [-0.2, 0) is 12.0 Å². The summed E-state index contributed by atoms with van der Waals surface area (Å²) in [5.41, 5.74) is 1.83. The van der Waals surface area contributed by atoms with Crippen molar-refractivity contribution < 1.29 is 5.11 Å². The second-order valence-corrected chi connectivity index (χ2v) is 3.11. The van der Waals surface area contributed by atoms with E-state index in [9.17, 15) is 5.11 Å². The van der Waals surface area contributed by atoms with Gasteiger partial charge in [0.25, 0.3) is 0 Å². The van der Waals surface area contributed by atoms with Crippen LogP contribution in [0.3, 0.4) is 0 Å². The fraction of sp³-hybridized carbons (Fsp3) is 0.333. The molecule has 0 amide bonds. The van der Waals surface area contributed by atoms with E-state index < -0.39 is 5.60 Å². The van der Waals surface area contributed by atoms with E-state index in [0.717, 1.165) is 12.0 Å². The van der Waals surface area contributed by atoms with Crippen molar-refractivity contribution in [2.45, 2.75) is 18.9 Å². The summed E-state index contributed by atoms with van der Waals surface area (Å²) in [4.78, 5) is 0. The molecule has 1 aliphatic rings. The maximum atomic E-state index is 9.57.